The number of hydrogen-bond acceptors (Lipinski definition) is 4. The summed E-state index contributed by atoms with van der Waals surface area (Å²) in [6, 6.07) is 10.4. The average Bonchev–Trinajstić information content (AvgIpc) is 3.10. The van der Waals surface area contributed by atoms with Crippen LogP contribution in [0, 0.1) is 5.41 Å². The third-order valence-corrected chi connectivity index (χ3v) is 5.91. The molecule has 0 bridgehead atoms. The molecule has 2 aliphatic rings. The van der Waals surface area contributed by atoms with Crippen LogP contribution >= 0.6 is 11.6 Å². The van der Waals surface area contributed by atoms with Gasteiger partial charge in [-0.15, -0.1) is 0 Å². The lowest BCUT2D eigenvalue weighted by Crippen LogP contribution is -2.36. The van der Waals surface area contributed by atoms with Gasteiger partial charge >= 0.3 is 0 Å². The number of anilines is 2. The molecule has 26 heavy (non-hydrogen) atoms. The standard InChI is InChI=1S/C21H24ClN3O/c1-21(2)19-12-16-17(22)6-5-7-18(16)25(19)26-20(21)11-9-14-8-10-15(13-23-14)24(3)4/h5-11,13,19-20H,12H2,1-4H3. The number of aromatic nitrogens is 1. The molecule has 0 amide bonds. The van der Waals surface area contributed by atoms with Crippen molar-refractivity contribution in [2.45, 2.75) is 32.4 Å². The molecule has 1 aromatic carbocycles. The number of rotatable bonds is 3. The van der Waals surface area contributed by atoms with Gasteiger partial charge in [-0.1, -0.05) is 37.6 Å². The highest BCUT2D eigenvalue weighted by atomic mass is 35.5. The van der Waals surface area contributed by atoms with Gasteiger partial charge in [-0.3, -0.25) is 9.82 Å². The van der Waals surface area contributed by atoms with E-state index in [1.807, 2.05) is 49.5 Å². The Morgan fingerprint density at radius 1 is 1.27 bits per heavy atom. The summed E-state index contributed by atoms with van der Waals surface area (Å²) in [7, 11) is 4.03. The molecule has 4 rings (SSSR count). The normalized spacial score (nSPS) is 23.3. The molecule has 2 unspecified atom stereocenters. The Morgan fingerprint density at radius 3 is 2.77 bits per heavy atom. The summed E-state index contributed by atoms with van der Waals surface area (Å²) in [5.41, 5.74) is 4.29. The van der Waals surface area contributed by atoms with Crippen LogP contribution in [0.25, 0.3) is 6.08 Å². The summed E-state index contributed by atoms with van der Waals surface area (Å²) >= 11 is 6.38. The second-order valence-corrected chi connectivity index (χ2v) is 8.23. The first-order valence-electron chi connectivity index (χ1n) is 8.93. The molecular formula is C21H24ClN3O. The van der Waals surface area contributed by atoms with Gasteiger partial charge in [-0.2, -0.15) is 0 Å². The van der Waals surface area contributed by atoms with Crippen LogP contribution in [0.1, 0.15) is 25.1 Å². The van der Waals surface area contributed by atoms with Crippen molar-refractivity contribution in [2.75, 3.05) is 24.1 Å². The fraction of sp³-hybridized carbons (Fsp3) is 0.381. The summed E-state index contributed by atoms with van der Waals surface area (Å²) in [6.45, 7) is 4.52. The minimum atomic E-state index is -0.0254. The second kappa shape index (κ2) is 6.29. The predicted molar refractivity (Wildman–Crippen MR) is 108 cm³/mol. The largest absolute Gasteiger partial charge is 0.376 e. The predicted octanol–water partition coefficient (Wildman–Crippen LogP) is 4.59. The number of hydrogen-bond donors (Lipinski definition) is 0. The molecule has 0 spiro atoms. The molecular weight excluding hydrogens is 346 g/mol. The molecule has 3 heterocycles. The minimum Gasteiger partial charge on any atom is -0.376 e. The van der Waals surface area contributed by atoms with E-state index in [1.54, 1.807) is 0 Å². The molecule has 136 valence electrons. The van der Waals surface area contributed by atoms with E-state index in [-0.39, 0.29) is 17.6 Å². The third-order valence-electron chi connectivity index (χ3n) is 5.56. The Kier molecular flexibility index (Phi) is 4.20. The summed E-state index contributed by atoms with van der Waals surface area (Å²) in [6.07, 6.45) is 6.97. The van der Waals surface area contributed by atoms with E-state index in [0.717, 1.165) is 28.5 Å². The first-order valence-corrected chi connectivity index (χ1v) is 9.30. The number of benzene rings is 1. The van der Waals surface area contributed by atoms with E-state index in [9.17, 15) is 0 Å². The maximum Gasteiger partial charge on any atom is 0.111 e. The van der Waals surface area contributed by atoms with Gasteiger partial charge in [-0.05, 0) is 42.3 Å². The number of hydroxylamine groups is 1. The van der Waals surface area contributed by atoms with Gasteiger partial charge in [0.1, 0.15) is 6.10 Å². The lowest BCUT2D eigenvalue weighted by Gasteiger charge is -2.26. The molecule has 2 aromatic rings. The fourth-order valence-electron chi connectivity index (χ4n) is 3.77. The van der Waals surface area contributed by atoms with Gasteiger partial charge in [0.15, 0.2) is 0 Å². The molecule has 0 N–H and O–H groups in total. The van der Waals surface area contributed by atoms with E-state index in [0.29, 0.717) is 0 Å². The maximum absolute atomic E-state index is 6.38. The van der Waals surface area contributed by atoms with Crippen LogP contribution in [0.5, 0.6) is 0 Å². The van der Waals surface area contributed by atoms with Crippen molar-refractivity contribution in [1.29, 1.82) is 0 Å². The van der Waals surface area contributed by atoms with Crippen molar-refractivity contribution < 1.29 is 4.84 Å². The van der Waals surface area contributed by atoms with Crippen LogP contribution in [-0.4, -0.2) is 31.2 Å². The highest BCUT2D eigenvalue weighted by molar-refractivity contribution is 6.31. The molecule has 5 heteroatoms. The first-order chi connectivity index (χ1) is 12.4. The molecule has 2 atom stereocenters. The molecule has 0 radical (unpaired) electrons. The van der Waals surface area contributed by atoms with Crippen molar-refractivity contribution in [3.05, 3.63) is 58.9 Å². The van der Waals surface area contributed by atoms with E-state index < -0.39 is 0 Å². The minimum absolute atomic E-state index is 0.00467. The number of halogens is 1. The quantitative estimate of drug-likeness (QED) is 0.791. The highest BCUT2D eigenvalue weighted by Gasteiger charge is 2.52. The fourth-order valence-corrected chi connectivity index (χ4v) is 4.02. The topological polar surface area (TPSA) is 28.6 Å². The summed E-state index contributed by atoms with van der Waals surface area (Å²) in [5, 5.41) is 2.88. The number of pyridine rings is 1. The van der Waals surface area contributed by atoms with E-state index in [1.165, 1.54) is 5.56 Å². The van der Waals surface area contributed by atoms with Crippen LogP contribution in [0.2, 0.25) is 5.02 Å². The molecule has 4 nitrogen and oxygen atoms in total. The monoisotopic (exact) mass is 369 g/mol. The molecule has 1 fully saturated rings. The summed E-state index contributed by atoms with van der Waals surface area (Å²) in [4.78, 5) is 12.9. The Morgan fingerprint density at radius 2 is 2.08 bits per heavy atom. The number of fused-ring (bicyclic) bond motifs is 3. The molecule has 2 aliphatic heterocycles. The van der Waals surface area contributed by atoms with E-state index >= 15 is 0 Å². The highest BCUT2D eigenvalue weighted by Crippen LogP contribution is 2.50. The molecule has 1 aromatic heterocycles. The van der Waals surface area contributed by atoms with Crippen molar-refractivity contribution in [3.63, 3.8) is 0 Å². The Hall–Kier alpha value is -2.04. The summed E-state index contributed by atoms with van der Waals surface area (Å²) < 4.78 is 0. The zero-order chi connectivity index (χ0) is 18.5. The SMILES string of the molecule is CN(C)c1ccc(C=CC2ON3c4cccc(Cl)c4CC3C2(C)C)nc1. The van der Waals surface area contributed by atoms with Crippen molar-refractivity contribution >= 4 is 29.1 Å². The van der Waals surface area contributed by atoms with Crippen LogP contribution in [0.3, 0.4) is 0 Å². The van der Waals surface area contributed by atoms with Gasteiger partial charge in [0.2, 0.25) is 0 Å². The molecule has 1 saturated heterocycles. The van der Waals surface area contributed by atoms with Crippen LogP contribution in [-0.2, 0) is 11.3 Å². The zero-order valence-electron chi connectivity index (χ0n) is 15.6. The maximum atomic E-state index is 6.38. The average molecular weight is 370 g/mol. The Balaban J connectivity index is 1.56. The smallest absolute Gasteiger partial charge is 0.111 e. The van der Waals surface area contributed by atoms with Crippen molar-refractivity contribution in [2.24, 2.45) is 5.41 Å². The van der Waals surface area contributed by atoms with Crippen molar-refractivity contribution in [1.82, 2.24) is 4.98 Å². The van der Waals surface area contributed by atoms with Gasteiger partial charge in [0, 0.05) is 24.5 Å². The summed E-state index contributed by atoms with van der Waals surface area (Å²) in [5.74, 6) is 0. The van der Waals surface area contributed by atoms with Gasteiger partial charge in [0.05, 0.1) is 29.3 Å². The van der Waals surface area contributed by atoms with Crippen molar-refractivity contribution in [3.8, 4) is 0 Å². The Bertz CT molecular complexity index is 845. The second-order valence-electron chi connectivity index (χ2n) is 7.83. The lowest BCUT2D eigenvalue weighted by atomic mass is 9.78. The molecule has 0 aliphatic carbocycles. The van der Waals surface area contributed by atoms with Crippen LogP contribution < -0.4 is 9.96 Å². The van der Waals surface area contributed by atoms with E-state index in [2.05, 4.69) is 42.1 Å². The van der Waals surface area contributed by atoms with Gasteiger partial charge < -0.3 is 4.90 Å². The third kappa shape index (κ3) is 2.78. The Labute approximate surface area is 160 Å². The van der Waals surface area contributed by atoms with Gasteiger partial charge in [-0.25, -0.2) is 5.06 Å². The zero-order valence-corrected chi connectivity index (χ0v) is 16.4. The number of nitrogens with zero attached hydrogens (tertiary/aromatic N) is 3. The first kappa shape index (κ1) is 17.4. The van der Waals surface area contributed by atoms with Gasteiger partial charge in [0.25, 0.3) is 0 Å². The van der Waals surface area contributed by atoms with E-state index in [4.69, 9.17) is 16.4 Å². The molecule has 0 saturated carbocycles. The lowest BCUT2D eigenvalue weighted by molar-refractivity contribution is 0.0849. The van der Waals surface area contributed by atoms with Crippen LogP contribution in [0.15, 0.2) is 42.6 Å². The van der Waals surface area contributed by atoms with Crippen LogP contribution in [0.4, 0.5) is 11.4 Å².